The summed E-state index contributed by atoms with van der Waals surface area (Å²) in [5.41, 5.74) is 5.06. The molecule has 1 amide bonds. The molecule has 0 aliphatic rings. The van der Waals surface area contributed by atoms with E-state index in [1.54, 1.807) is 49.4 Å². The molecular weight excluding hydrogens is 384 g/mol. The van der Waals surface area contributed by atoms with Gasteiger partial charge in [0.1, 0.15) is 0 Å². The van der Waals surface area contributed by atoms with Gasteiger partial charge in [-0.3, -0.25) is 9.52 Å². The SMILES string of the molecule is Cc1ccc(S(=O)(=O)Nc2cccc(C(=O)Nc3cc(C)ccc3C)c2C)cc1. The molecule has 0 aromatic heterocycles. The van der Waals surface area contributed by atoms with Gasteiger partial charge in [-0.2, -0.15) is 0 Å². The predicted octanol–water partition coefficient (Wildman–Crippen LogP) is 4.97. The van der Waals surface area contributed by atoms with Gasteiger partial charge in [0.05, 0.1) is 10.6 Å². The van der Waals surface area contributed by atoms with Gasteiger partial charge in [0.15, 0.2) is 0 Å². The van der Waals surface area contributed by atoms with E-state index in [0.717, 1.165) is 22.4 Å². The van der Waals surface area contributed by atoms with Gasteiger partial charge in [-0.05, 0) is 74.7 Å². The van der Waals surface area contributed by atoms with E-state index in [0.29, 0.717) is 16.8 Å². The molecule has 0 heterocycles. The second kappa shape index (κ2) is 8.09. The fraction of sp³-hybridized carbons (Fsp3) is 0.174. The zero-order chi connectivity index (χ0) is 21.2. The first-order valence-corrected chi connectivity index (χ1v) is 10.7. The number of aryl methyl sites for hydroxylation is 3. The molecule has 0 saturated heterocycles. The number of carbonyl (C=O) groups is 1. The Morgan fingerprint density at radius 1 is 0.793 bits per heavy atom. The lowest BCUT2D eigenvalue weighted by atomic mass is 10.1. The van der Waals surface area contributed by atoms with Crippen LogP contribution in [0, 0.1) is 27.7 Å². The number of sulfonamides is 1. The van der Waals surface area contributed by atoms with Crippen LogP contribution in [0.4, 0.5) is 11.4 Å². The Bertz CT molecular complexity index is 1170. The summed E-state index contributed by atoms with van der Waals surface area (Å²) in [4.78, 5) is 13.0. The average Bonchev–Trinajstić information content (AvgIpc) is 2.66. The second-order valence-electron chi connectivity index (χ2n) is 7.17. The van der Waals surface area contributed by atoms with Gasteiger partial charge in [-0.25, -0.2) is 8.42 Å². The van der Waals surface area contributed by atoms with Crippen molar-refractivity contribution in [1.29, 1.82) is 0 Å². The molecular formula is C23H24N2O3S. The predicted molar refractivity (Wildman–Crippen MR) is 117 cm³/mol. The van der Waals surface area contributed by atoms with E-state index < -0.39 is 10.0 Å². The smallest absolute Gasteiger partial charge is 0.261 e. The average molecular weight is 409 g/mol. The third-order valence-electron chi connectivity index (χ3n) is 4.80. The van der Waals surface area contributed by atoms with E-state index in [2.05, 4.69) is 10.0 Å². The number of amides is 1. The molecule has 0 bridgehead atoms. The highest BCUT2D eigenvalue weighted by Crippen LogP contribution is 2.24. The lowest BCUT2D eigenvalue weighted by Crippen LogP contribution is -2.17. The molecule has 0 unspecified atom stereocenters. The Hall–Kier alpha value is -3.12. The number of benzene rings is 3. The lowest BCUT2D eigenvalue weighted by molar-refractivity contribution is 0.102. The molecule has 6 heteroatoms. The molecule has 3 aromatic rings. The highest BCUT2D eigenvalue weighted by Gasteiger charge is 2.18. The highest BCUT2D eigenvalue weighted by molar-refractivity contribution is 7.92. The van der Waals surface area contributed by atoms with Crippen molar-refractivity contribution in [3.05, 3.63) is 88.5 Å². The van der Waals surface area contributed by atoms with Gasteiger partial charge in [0.25, 0.3) is 15.9 Å². The molecule has 0 saturated carbocycles. The summed E-state index contributed by atoms with van der Waals surface area (Å²) >= 11 is 0. The molecule has 0 spiro atoms. The highest BCUT2D eigenvalue weighted by atomic mass is 32.2. The molecule has 3 rings (SSSR count). The van der Waals surface area contributed by atoms with Crippen molar-refractivity contribution in [2.24, 2.45) is 0 Å². The summed E-state index contributed by atoms with van der Waals surface area (Å²) in [7, 11) is -3.75. The van der Waals surface area contributed by atoms with Crippen LogP contribution in [0.3, 0.4) is 0 Å². The van der Waals surface area contributed by atoms with E-state index in [9.17, 15) is 13.2 Å². The number of rotatable bonds is 5. The van der Waals surface area contributed by atoms with Gasteiger partial charge in [-0.1, -0.05) is 35.9 Å². The van der Waals surface area contributed by atoms with Crippen LogP contribution in [-0.4, -0.2) is 14.3 Å². The molecule has 0 atom stereocenters. The summed E-state index contributed by atoms with van der Waals surface area (Å²) in [5, 5.41) is 2.92. The summed E-state index contributed by atoms with van der Waals surface area (Å²) in [5.74, 6) is -0.285. The van der Waals surface area contributed by atoms with Crippen molar-refractivity contribution in [3.63, 3.8) is 0 Å². The number of nitrogens with one attached hydrogen (secondary N) is 2. The first kappa shape index (κ1) is 20.6. The zero-order valence-corrected chi connectivity index (χ0v) is 17.7. The zero-order valence-electron chi connectivity index (χ0n) is 16.9. The van der Waals surface area contributed by atoms with Gasteiger partial charge < -0.3 is 5.32 Å². The molecule has 2 N–H and O–H groups in total. The minimum absolute atomic E-state index is 0.174. The van der Waals surface area contributed by atoms with Crippen molar-refractivity contribution in [1.82, 2.24) is 0 Å². The minimum Gasteiger partial charge on any atom is -0.322 e. The van der Waals surface area contributed by atoms with Crippen LogP contribution in [0.2, 0.25) is 0 Å². The van der Waals surface area contributed by atoms with E-state index >= 15 is 0 Å². The van der Waals surface area contributed by atoms with Gasteiger partial charge in [-0.15, -0.1) is 0 Å². The van der Waals surface area contributed by atoms with E-state index in [1.165, 1.54) is 0 Å². The fourth-order valence-electron chi connectivity index (χ4n) is 2.97. The molecule has 0 fully saturated rings. The van der Waals surface area contributed by atoms with Crippen LogP contribution < -0.4 is 10.0 Å². The maximum atomic E-state index is 12.8. The Kier molecular flexibility index (Phi) is 5.75. The topological polar surface area (TPSA) is 75.3 Å². The van der Waals surface area contributed by atoms with Crippen molar-refractivity contribution in [3.8, 4) is 0 Å². The number of anilines is 2. The Morgan fingerprint density at radius 2 is 1.45 bits per heavy atom. The number of hydrogen-bond acceptors (Lipinski definition) is 3. The summed E-state index contributed by atoms with van der Waals surface area (Å²) < 4.78 is 28.0. The Labute approximate surface area is 171 Å². The van der Waals surface area contributed by atoms with E-state index in [4.69, 9.17) is 0 Å². The van der Waals surface area contributed by atoms with Crippen molar-refractivity contribution in [2.45, 2.75) is 32.6 Å². The molecule has 29 heavy (non-hydrogen) atoms. The molecule has 0 radical (unpaired) electrons. The molecule has 150 valence electrons. The van der Waals surface area contributed by atoms with Crippen molar-refractivity contribution < 1.29 is 13.2 Å². The van der Waals surface area contributed by atoms with Crippen LogP contribution in [0.5, 0.6) is 0 Å². The quantitative estimate of drug-likeness (QED) is 0.626. The fourth-order valence-corrected chi connectivity index (χ4v) is 4.10. The van der Waals surface area contributed by atoms with Gasteiger partial charge in [0.2, 0.25) is 0 Å². The maximum Gasteiger partial charge on any atom is 0.261 e. The Morgan fingerprint density at radius 3 is 2.14 bits per heavy atom. The maximum absolute atomic E-state index is 12.8. The number of carbonyl (C=O) groups excluding carboxylic acids is 1. The summed E-state index contributed by atoms with van der Waals surface area (Å²) in [6, 6.07) is 17.4. The first-order valence-electron chi connectivity index (χ1n) is 9.25. The third kappa shape index (κ3) is 4.66. The van der Waals surface area contributed by atoms with Gasteiger partial charge in [0, 0.05) is 11.3 Å². The molecule has 5 nitrogen and oxygen atoms in total. The summed E-state index contributed by atoms with van der Waals surface area (Å²) in [6.07, 6.45) is 0. The summed E-state index contributed by atoms with van der Waals surface area (Å²) in [6.45, 7) is 7.51. The minimum atomic E-state index is -3.75. The van der Waals surface area contributed by atoms with Crippen LogP contribution in [0.1, 0.15) is 32.6 Å². The standard InChI is InChI=1S/C23H24N2O3S/c1-15-9-12-19(13-10-15)29(27,28)25-21-7-5-6-20(18(21)4)23(26)24-22-14-16(2)8-11-17(22)3/h5-14,25H,1-4H3,(H,24,26). The largest absolute Gasteiger partial charge is 0.322 e. The molecule has 0 aliphatic heterocycles. The van der Waals surface area contributed by atoms with Crippen LogP contribution >= 0.6 is 0 Å². The second-order valence-corrected chi connectivity index (χ2v) is 8.85. The van der Waals surface area contributed by atoms with Crippen LogP contribution in [-0.2, 0) is 10.0 Å². The van der Waals surface area contributed by atoms with Crippen molar-refractivity contribution >= 4 is 27.3 Å². The third-order valence-corrected chi connectivity index (χ3v) is 6.18. The van der Waals surface area contributed by atoms with E-state index in [-0.39, 0.29) is 10.8 Å². The Balaban J connectivity index is 1.88. The van der Waals surface area contributed by atoms with Gasteiger partial charge >= 0.3 is 0 Å². The monoisotopic (exact) mass is 408 g/mol. The van der Waals surface area contributed by atoms with Crippen LogP contribution in [0.15, 0.2) is 65.6 Å². The lowest BCUT2D eigenvalue weighted by Gasteiger charge is -2.15. The van der Waals surface area contributed by atoms with E-state index in [1.807, 2.05) is 39.0 Å². The normalized spacial score (nSPS) is 11.2. The molecule has 0 aliphatic carbocycles. The number of hydrogen-bond donors (Lipinski definition) is 2. The van der Waals surface area contributed by atoms with Crippen molar-refractivity contribution in [2.75, 3.05) is 10.0 Å². The van der Waals surface area contributed by atoms with Crippen LogP contribution in [0.25, 0.3) is 0 Å². The first-order chi connectivity index (χ1) is 13.7. The molecule has 3 aromatic carbocycles.